The Morgan fingerprint density at radius 3 is 2.23 bits per heavy atom. The number of hydrogen-bond donors (Lipinski definition) is 2. The molecular weight excluding hydrogens is 356 g/mol. The zero-order chi connectivity index (χ0) is 19.1. The van der Waals surface area contributed by atoms with Crippen LogP contribution in [0.3, 0.4) is 0 Å². The third-order valence-electron chi connectivity index (χ3n) is 3.38. The molecular formula is C19H16ClN2O4-. The Bertz CT molecular complexity index is 843. The number of carboxylic acid groups (broad SMARTS) is 1. The third kappa shape index (κ3) is 5.75. The summed E-state index contributed by atoms with van der Waals surface area (Å²) in [7, 11) is 0. The van der Waals surface area contributed by atoms with Gasteiger partial charge in [0, 0.05) is 10.6 Å². The van der Waals surface area contributed by atoms with Crippen LogP contribution in [0.5, 0.6) is 0 Å². The van der Waals surface area contributed by atoms with Gasteiger partial charge in [0.1, 0.15) is 5.70 Å². The van der Waals surface area contributed by atoms with E-state index in [0.717, 1.165) is 5.56 Å². The summed E-state index contributed by atoms with van der Waals surface area (Å²) in [6.07, 6.45) is 1.42. The second-order valence-electron chi connectivity index (χ2n) is 5.48. The fraction of sp³-hybridized carbons (Fsp3) is 0.105. The van der Waals surface area contributed by atoms with Gasteiger partial charge in [0.25, 0.3) is 11.8 Å². The molecule has 0 saturated carbocycles. The minimum absolute atomic E-state index is 0.0980. The average Bonchev–Trinajstić information content (AvgIpc) is 2.61. The minimum Gasteiger partial charge on any atom is -0.548 e. The lowest BCUT2D eigenvalue weighted by molar-refractivity contribution is -0.303. The summed E-state index contributed by atoms with van der Waals surface area (Å²) in [6, 6.07) is 13.4. The molecule has 2 N–H and O–H groups in total. The quantitative estimate of drug-likeness (QED) is 0.747. The molecule has 0 atom stereocenters. The molecule has 0 aliphatic heterocycles. The fourth-order valence-electron chi connectivity index (χ4n) is 2.03. The van der Waals surface area contributed by atoms with Gasteiger partial charge < -0.3 is 20.5 Å². The number of halogens is 1. The van der Waals surface area contributed by atoms with Crippen molar-refractivity contribution in [1.82, 2.24) is 10.6 Å². The molecule has 0 spiro atoms. The molecule has 0 fully saturated rings. The minimum atomic E-state index is -1.44. The van der Waals surface area contributed by atoms with E-state index in [9.17, 15) is 19.5 Å². The number of benzene rings is 2. The lowest BCUT2D eigenvalue weighted by Gasteiger charge is -2.12. The maximum Gasteiger partial charge on any atom is 0.268 e. The Morgan fingerprint density at radius 2 is 1.65 bits per heavy atom. The summed E-state index contributed by atoms with van der Waals surface area (Å²) in [6.45, 7) is 1.22. The van der Waals surface area contributed by atoms with Gasteiger partial charge in [0.15, 0.2) is 0 Å². The van der Waals surface area contributed by atoms with E-state index in [0.29, 0.717) is 16.1 Å². The predicted molar refractivity (Wildman–Crippen MR) is 96.1 cm³/mol. The summed E-state index contributed by atoms with van der Waals surface area (Å²) in [4.78, 5) is 35.2. The molecule has 0 aromatic heterocycles. The van der Waals surface area contributed by atoms with Gasteiger partial charge in [-0.3, -0.25) is 9.59 Å². The van der Waals surface area contributed by atoms with Gasteiger partial charge in [-0.25, -0.2) is 0 Å². The lowest BCUT2D eigenvalue weighted by atomic mass is 10.1. The monoisotopic (exact) mass is 371 g/mol. The molecule has 0 heterocycles. The van der Waals surface area contributed by atoms with Crippen LogP contribution in [0.1, 0.15) is 21.5 Å². The number of carboxylic acids is 1. The molecule has 134 valence electrons. The summed E-state index contributed by atoms with van der Waals surface area (Å²) >= 11 is 5.83. The van der Waals surface area contributed by atoms with Crippen LogP contribution in [0.25, 0.3) is 6.08 Å². The van der Waals surface area contributed by atoms with Crippen molar-refractivity contribution in [2.75, 3.05) is 6.54 Å². The first-order chi connectivity index (χ1) is 12.3. The molecule has 6 nitrogen and oxygen atoms in total. The normalized spacial score (nSPS) is 10.9. The van der Waals surface area contributed by atoms with Gasteiger partial charge in [-0.2, -0.15) is 0 Å². The van der Waals surface area contributed by atoms with Gasteiger partial charge in [0.05, 0.1) is 12.5 Å². The van der Waals surface area contributed by atoms with E-state index < -0.39 is 24.3 Å². The molecule has 0 unspecified atom stereocenters. The Hall–Kier alpha value is -3.12. The van der Waals surface area contributed by atoms with E-state index in [1.807, 2.05) is 6.92 Å². The SMILES string of the molecule is Cc1ccc(C(=O)N/C(=C/c2ccc(Cl)cc2)C(=O)NCC(=O)[O-])cc1. The smallest absolute Gasteiger partial charge is 0.268 e. The van der Waals surface area contributed by atoms with Crippen molar-refractivity contribution in [3.05, 3.63) is 75.9 Å². The number of amides is 2. The first-order valence-corrected chi connectivity index (χ1v) is 8.06. The molecule has 0 radical (unpaired) electrons. The van der Waals surface area contributed by atoms with Crippen molar-refractivity contribution in [3.63, 3.8) is 0 Å². The largest absolute Gasteiger partial charge is 0.548 e. The Morgan fingerprint density at radius 1 is 1.04 bits per heavy atom. The number of carbonyl (C=O) groups excluding carboxylic acids is 3. The second-order valence-corrected chi connectivity index (χ2v) is 5.92. The molecule has 2 rings (SSSR count). The standard InChI is InChI=1S/C19H17ClN2O4/c1-12-2-6-14(7-3-12)18(25)22-16(19(26)21-11-17(23)24)10-13-4-8-15(20)9-5-13/h2-10H,11H2,1H3,(H,21,26)(H,22,25)(H,23,24)/p-1/b16-10+. The molecule has 2 amide bonds. The van der Waals surface area contributed by atoms with Crippen LogP contribution < -0.4 is 15.7 Å². The van der Waals surface area contributed by atoms with Crippen LogP contribution in [0.2, 0.25) is 5.02 Å². The highest BCUT2D eigenvalue weighted by Gasteiger charge is 2.14. The first-order valence-electron chi connectivity index (χ1n) is 7.68. The third-order valence-corrected chi connectivity index (χ3v) is 3.63. The van der Waals surface area contributed by atoms with Gasteiger partial charge >= 0.3 is 0 Å². The number of rotatable bonds is 6. The van der Waals surface area contributed by atoms with Crippen LogP contribution in [-0.4, -0.2) is 24.3 Å². The highest BCUT2D eigenvalue weighted by Crippen LogP contribution is 2.12. The van der Waals surface area contributed by atoms with Crippen molar-refractivity contribution in [2.45, 2.75) is 6.92 Å². The molecule has 2 aromatic rings. The van der Waals surface area contributed by atoms with E-state index in [1.54, 1.807) is 48.5 Å². The van der Waals surface area contributed by atoms with Gasteiger partial charge in [0.2, 0.25) is 0 Å². The van der Waals surface area contributed by atoms with Crippen LogP contribution in [-0.2, 0) is 9.59 Å². The van der Waals surface area contributed by atoms with Gasteiger partial charge in [-0.1, -0.05) is 41.4 Å². The number of aliphatic carboxylic acids is 1. The maximum atomic E-state index is 12.4. The van der Waals surface area contributed by atoms with E-state index in [1.165, 1.54) is 6.08 Å². The summed E-state index contributed by atoms with van der Waals surface area (Å²) in [5.41, 5.74) is 1.87. The van der Waals surface area contributed by atoms with E-state index >= 15 is 0 Å². The Balaban J connectivity index is 2.25. The molecule has 0 bridgehead atoms. The zero-order valence-corrected chi connectivity index (χ0v) is 14.7. The van der Waals surface area contributed by atoms with Crippen LogP contribution >= 0.6 is 11.6 Å². The molecule has 2 aromatic carbocycles. The topological polar surface area (TPSA) is 98.3 Å². The van der Waals surface area contributed by atoms with E-state index in [-0.39, 0.29) is 5.70 Å². The van der Waals surface area contributed by atoms with E-state index in [2.05, 4.69) is 10.6 Å². The Kier molecular flexibility index (Phi) is 6.52. The molecule has 0 saturated heterocycles. The number of hydrogen-bond acceptors (Lipinski definition) is 4. The number of nitrogens with one attached hydrogen (secondary N) is 2. The fourth-order valence-corrected chi connectivity index (χ4v) is 2.16. The number of aryl methyl sites for hydroxylation is 1. The number of carbonyl (C=O) groups is 3. The van der Waals surface area contributed by atoms with Crippen molar-refractivity contribution in [2.24, 2.45) is 0 Å². The van der Waals surface area contributed by atoms with Crippen LogP contribution in [0, 0.1) is 6.92 Å². The highest BCUT2D eigenvalue weighted by molar-refractivity contribution is 6.30. The predicted octanol–water partition coefficient (Wildman–Crippen LogP) is 1.29. The van der Waals surface area contributed by atoms with Crippen LogP contribution in [0.15, 0.2) is 54.2 Å². The summed E-state index contributed by atoms with van der Waals surface area (Å²) in [5, 5.41) is 15.7. The van der Waals surface area contributed by atoms with Crippen molar-refractivity contribution < 1.29 is 19.5 Å². The van der Waals surface area contributed by atoms with E-state index in [4.69, 9.17) is 11.6 Å². The lowest BCUT2D eigenvalue weighted by Crippen LogP contribution is -2.41. The molecule has 0 aliphatic rings. The molecule has 26 heavy (non-hydrogen) atoms. The van der Waals surface area contributed by atoms with Gasteiger partial charge in [-0.15, -0.1) is 0 Å². The summed E-state index contributed by atoms with van der Waals surface area (Å²) < 4.78 is 0. The van der Waals surface area contributed by atoms with Gasteiger partial charge in [-0.05, 0) is 42.8 Å². The maximum absolute atomic E-state index is 12.4. The van der Waals surface area contributed by atoms with Crippen LogP contribution in [0.4, 0.5) is 0 Å². The Labute approximate surface area is 155 Å². The molecule has 7 heteroatoms. The van der Waals surface area contributed by atoms with Crippen molar-refractivity contribution in [3.8, 4) is 0 Å². The zero-order valence-electron chi connectivity index (χ0n) is 13.9. The molecule has 0 aliphatic carbocycles. The van der Waals surface area contributed by atoms with Crippen molar-refractivity contribution >= 4 is 35.5 Å². The first kappa shape index (κ1) is 19.2. The second kappa shape index (κ2) is 8.82. The van der Waals surface area contributed by atoms with Crippen molar-refractivity contribution in [1.29, 1.82) is 0 Å². The average molecular weight is 372 g/mol. The highest BCUT2D eigenvalue weighted by atomic mass is 35.5. The summed E-state index contributed by atoms with van der Waals surface area (Å²) in [5.74, 6) is -2.67.